The van der Waals surface area contributed by atoms with Crippen LogP contribution in [0.1, 0.15) is 63.6 Å². The molecule has 1 amide bonds. The number of carbonyl (C=O) groups excluding carboxylic acids is 2. The molecule has 8 heteroatoms. The second kappa shape index (κ2) is 8.42. The number of hydrogen-bond acceptors (Lipinski definition) is 5. The number of nitrogens with zero attached hydrogens (tertiary/aromatic N) is 3. The fraction of sp³-hybridized carbons (Fsp3) is 0.391. The topological polar surface area (TPSA) is 88.9 Å². The van der Waals surface area contributed by atoms with Gasteiger partial charge in [0.1, 0.15) is 0 Å². The zero-order valence-electron chi connectivity index (χ0n) is 17.9. The summed E-state index contributed by atoms with van der Waals surface area (Å²) in [7, 11) is 0. The zero-order chi connectivity index (χ0) is 22.2. The van der Waals surface area contributed by atoms with Crippen LogP contribution in [-0.4, -0.2) is 26.6 Å². The summed E-state index contributed by atoms with van der Waals surface area (Å²) in [5.41, 5.74) is 6.05. The van der Waals surface area contributed by atoms with Crippen LogP contribution in [0.4, 0.5) is 5.82 Å². The first-order chi connectivity index (χ1) is 14.8. The summed E-state index contributed by atoms with van der Waals surface area (Å²) in [6.45, 7) is 6.16. The van der Waals surface area contributed by atoms with Gasteiger partial charge in [-0.2, -0.15) is 9.89 Å². The molecule has 0 saturated heterocycles. The normalized spacial score (nSPS) is 19.7. The Kier molecular flexibility index (Phi) is 5.83. The lowest BCUT2D eigenvalue weighted by atomic mass is 9.71. The molecule has 3 heterocycles. The lowest BCUT2D eigenvalue weighted by Crippen LogP contribution is -2.34. The molecule has 1 unspecified atom stereocenters. The van der Waals surface area contributed by atoms with Gasteiger partial charge in [0, 0.05) is 46.3 Å². The third-order valence-electron chi connectivity index (χ3n) is 5.55. The maximum atomic E-state index is 13.1. The van der Waals surface area contributed by atoms with E-state index in [-0.39, 0.29) is 23.0 Å². The number of nitrogens with one attached hydrogen (secondary N) is 2. The number of anilines is 1. The molecule has 1 atom stereocenters. The second-order valence-electron chi connectivity index (χ2n) is 8.84. The van der Waals surface area contributed by atoms with E-state index in [0.29, 0.717) is 18.7 Å². The predicted octanol–water partition coefficient (Wildman–Crippen LogP) is 4.78. The van der Waals surface area contributed by atoms with Gasteiger partial charge >= 0.3 is 0 Å². The Morgan fingerprint density at radius 1 is 1.35 bits per heavy atom. The molecule has 4 rings (SSSR count). The molecule has 1 aliphatic carbocycles. The van der Waals surface area contributed by atoms with Crippen molar-refractivity contribution < 1.29 is 9.59 Å². The maximum Gasteiger partial charge on any atom is 0.240 e. The summed E-state index contributed by atoms with van der Waals surface area (Å²) in [6.07, 6.45) is 9.83. The Labute approximate surface area is 190 Å². The van der Waals surface area contributed by atoms with Crippen LogP contribution in [0.2, 0.25) is 0 Å². The minimum atomic E-state index is -0.253. The molecule has 0 saturated carbocycles. The molecule has 2 aromatic rings. The van der Waals surface area contributed by atoms with E-state index in [9.17, 15) is 9.59 Å². The highest BCUT2D eigenvalue weighted by atomic mass is 79.9. The van der Waals surface area contributed by atoms with Crippen LogP contribution in [0, 0.1) is 5.41 Å². The van der Waals surface area contributed by atoms with Crippen molar-refractivity contribution in [1.29, 1.82) is 0 Å². The lowest BCUT2D eigenvalue weighted by molar-refractivity contribution is -0.118. The van der Waals surface area contributed by atoms with Crippen LogP contribution < -0.4 is 10.7 Å². The quantitative estimate of drug-likeness (QED) is 0.638. The molecule has 0 radical (unpaired) electrons. The third kappa shape index (κ3) is 4.49. The van der Waals surface area contributed by atoms with Crippen LogP contribution >= 0.6 is 15.9 Å². The van der Waals surface area contributed by atoms with Gasteiger partial charge < -0.3 is 5.32 Å². The van der Waals surface area contributed by atoms with E-state index in [1.807, 2.05) is 31.2 Å². The average molecular weight is 484 g/mol. The highest BCUT2D eigenvalue weighted by Gasteiger charge is 2.40. The summed E-state index contributed by atoms with van der Waals surface area (Å²) in [6, 6.07) is 3.85. The monoisotopic (exact) mass is 483 g/mol. The first kappa shape index (κ1) is 21.5. The molecule has 7 nitrogen and oxygen atoms in total. The van der Waals surface area contributed by atoms with E-state index in [4.69, 9.17) is 0 Å². The van der Waals surface area contributed by atoms with E-state index < -0.39 is 0 Å². The molecule has 2 aliphatic rings. The molecule has 0 fully saturated rings. The highest BCUT2D eigenvalue weighted by molar-refractivity contribution is 9.10. The predicted molar refractivity (Wildman–Crippen MR) is 124 cm³/mol. The smallest absolute Gasteiger partial charge is 0.240 e. The number of halogens is 1. The molecule has 1 aliphatic heterocycles. The average Bonchev–Trinajstić information content (AvgIpc) is 3.08. The van der Waals surface area contributed by atoms with Crippen LogP contribution in [-0.2, 0) is 9.59 Å². The first-order valence-electron chi connectivity index (χ1n) is 10.5. The second-order valence-corrected chi connectivity index (χ2v) is 9.76. The number of amides is 1. The number of Topliss-reactive ketones (excluding diaryl/α,β-unsaturated/α-hetero) is 1. The molecule has 2 aromatic heterocycles. The Bertz CT molecular complexity index is 1080. The fourth-order valence-corrected chi connectivity index (χ4v) is 4.42. The van der Waals surface area contributed by atoms with Gasteiger partial charge in [0.05, 0.1) is 11.9 Å². The van der Waals surface area contributed by atoms with Gasteiger partial charge in [0.2, 0.25) is 5.91 Å². The van der Waals surface area contributed by atoms with Crippen molar-refractivity contribution in [1.82, 2.24) is 14.9 Å². The largest absolute Gasteiger partial charge is 0.342 e. The highest BCUT2D eigenvalue weighted by Crippen LogP contribution is 2.47. The van der Waals surface area contributed by atoms with Crippen molar-refractivity contribution in [3.05, 3.63) is 57.6 Å². The van der Waals surface area contributed by atoms with Crippen molar-refractivity contribution in [3.63, 3.8) is 0 Å². The lowest BCUT2D eigenvalue weighted by Gasteiger charge is -2.37. The van der Waals surface area contributed by atoms with Gasteiger partial charge in [-0.25, -0.2) is 5.43 Å². The Morgan fingerprint density at radius 3 is 2.87 bits per heavy atom. The summed E-state index contributed by atoms with van der Waals surface area (Å²) in [5, 5.41) is 7.79. The molecule has 0 spiro atoms. The summed E-state index contributed by atoms with van der Waals surface area (Å²) in [5.74, 6) is 0.496. The molecular formula is C23H26BrN5O2. The van der Waals surface area contributed by atoms with Gasteiger partial charge in [-0.05, 0) is 52.4 Å². The SMILES string of the molecule is CCCC(=O)Nn1ncc2c1NC1=C(C(=O)CC(C)(C)C1)C2/C=C/c1ccc(Br)cn1. The Hall–Kier alpha value is -2.74. The molecule has 2 N–H and O–H groups in total. The minimum Gasteiger partial charge on any atom is -0.342 e. The molecule has 0 aromatic carbocycles. The zero-order valence-corrected chi connectivity index (χ0v) is 19.5. The third-order valence-corrected chi connectivity index (χ3v) is 6.02. The minimum absolute atomic E-state index is 0.0961. The van der Waals surface area contributed by atoms with E-state index in [1.54, 1.807) is 12.4 Å². The number of aromatic nitrogens is 3. The van der Waals surface area contributed by atoms with Crippen LogP contribution in [0.5, 0.6) is 0 Å². The Balaban J connectivity index is 1.74. The number of fused-ring (bicyclic) bond motifs is 1. The maximum absolute atomic E-state index is 13.1. The molecule has 31 heavy (non-hydrogen) atoms. The van der Waals surface area contributed by atoms with Gasteiger partial charge in [-0.15, -0.1) is 0 Å². The number of rotatable bonds is 5. The van der Waals surface area contributed by atoms with E-state index >= 15 is 0 Å². The van der Waals surface area contributed by atoms with E-state index in [1.165, 1.54) is 4.79 Å². The van der Waals surface area contributed by atoms with Crippen molar-refractivity contribution in [2.24, 2.45) is 5.41 Å². The van der Waals surface area contributed by atoms with Crippen molar-refractivity contribution in [3.8, 4) is 0 Å². The van der Waals surface area contributed by atoms with Gasteiger partial charge in [-0.3, -0.25) is 14.6 Å². The van der Waals surface area contributed by atoms with E-state index in [0.717, 1.165) is 39.8 Å². The van der Waals surface area contributed by atoms with Crippen molar-refractivity contribution in [2.75, 3.05) is 10.7 Å². The summed E-state index contributed by atoms with van der Waals surface area (Å²) < 4.78 is 0.910. The first-order valence-corrected chi connectivity index (χ1v) is 11.3. The number of hydrogen-bond donors (Lipinski definition) is 2. The number of carbonyl (C=O) groups is 2. The molecule has 0 bridgehead atoms. The van der Waals surface area contributed by atoms with Gasteiger partial charge in [-0.1, -0.05) is 26.8 Å². The van der Waals surface area contributed by atoms with E-state index in [2.05, 4.69) is 50.6 Å². The van der Waals surface area contributed by atoms with Crippen molar-refractivity contribution in [2.45, 2.75) is 52.4 Å². The number of allylic oxidation sites excluding steroid dienone is 3. The summed E-state index contributed by atoms with van der Waals surface area (Å²) >= 11 is 3.40. The fourth-order valence-electron chi connectivity index (χ4n) is 4.19. The van der Waals surface area contributed by atoms with Crippen LogP contribution in [0.15, 0.2) is 46.3 Å². The standard InChI is InChI=1S/C23H26BrN5O2/c1-4-5-20(31)28-29-22-17(13-26-29)16(9-8-15-7-6-14(24)12-25-15)21-18(27-22)10-23(2,3)11-19(21)30/h6-9,12-13,16,27H,4-5,10-11H2,1-3H3,(H,28,31)/b9-8+. The van der Waals surface area contributed by atoms with Crippen molar-refractivity contribution >= 4 is 39.5 Å². The van der Waals surface area contributed by atoms with Gasteiger partial charge in [0.15, 0.2) is 11.6 Å². The molecular weight excluding hydrogens is 458 g/mol. The Morgan fingerprint density at radius 2 is 2.16 bits per heavy atom. The summed E-state index contributed by atoms with van der Waals surface area (Å²) in [4.78, 5) is 31.2. The molecule has 162 valence electrons. The number of ketones is 1. The number of pyridine rings is 1. The van der Waals surface area contributed by atoms with Gasteiger partial charge in [0.25, 0.3) is 0 Å². The van der Waals surface area contributed by atoms with Crippen LogP contribution in [0.25, 0.3) is 6.08 Å². The van der Waals surface area contributed by atoms with Crippen LogP contribution in [0.3, 0.4) is 0 Å².